The van der Waals surface area contributed by atoms with Crippen LogP contribution in [0.1, 0.15) is 333 Å². The Balaban J connectivity index is 0.000000533. The van der Waals surface area contributed by atoms with E-state index in [1.807, 2.05) is 113 Å². The third kappa shape index (κ3) is 31.8. The molecule has 764 valence electrons. The number of aromatic nitrogens is 20. The Morgan fingerprint density at radius 2 is 0.837 bits per heavy atom. The second-order valence-corrected chi connectivity index (χ2v) is 42.5. The van der Waals surface area contributed by atoms with E-state index in [9.17, 15) is 14.4 Å². The maximum Gasteiger partial charge on any atom is 0.293 e. The Morgan fingerprint density at radius 3 is 1.34 bits per heavy atom. The molecule has 9 N–H and O–H groups in total. The number of imidazole rings is 4. The molecule has 0 aliphatic heterocycles. The summed E-state index contributed by atoms with van der Waals surface area (Å²) in [6, 6.07) is 41.0. The number of carbonyl (C=O) groups excluding carboxylic acids is 3. The van der Waals surface area contributed by atoms with Gasteiger partial charge in [-0.1, -0.05) is 295 Å². The number of nitrogens with two attached hydrogens (primary N) is 3. The third-order valence-corrected chi connectivity index (χ3v) is 22.4. The Morgan fingerprint density at radius 1 is 0.404 bits per heavy atom. The van der Waals surface area contributed by atoms with Crippen molar-refractivity contribution in [3.8, 4) is 0 Å². The van der Waals surface area contributed by atoms with Gasteiger partial charge in [-0.25, -0.2) is 49.4 Å². The van der Waals surface area contributed by atoms with E-state index in [0.717, 1.165) is 67.0 Å². The molecule has 29 nitrogen and oxygen atoms in total. The molecule has 0 spiro atoms. The highest BCUT2D eigenvalue weighted by Crippen LogP contribution is 2.32. The molecule has 0 saturated heterocycles. The summed E-state index contributed by atoms with van der Waals surface area (Å²) in [6.45, 7) is 59.2. The molecule has 3 amide bonds. The van der Waals surface area contributed by atoms with Crippen molar-refractivity contribution in [3.63, 3.8) is 0 Å². The van der Waals surface area contributed by atoms with Gasteiger partial charge in [0.15, 0.2) is 11.3 Å². The second kappa shape index (κ2) is 49.3. The molecule has 0 fully saturated rings. The van der Waals surface area contributed by atoms with Crippen molar-refractivity contribution in [3.05, 3.63) is 300 Å². The van der Waals surface area contributed by atoms with Crippen LogP contribution in [0.25, 0.3) is 61.2 Å². The molecule has 0 unspecified atom stereocenters. The lowest BCUT2D eigenvalue weighted by molar-refractivity contribution is 0.0699. The van der Waals surface area contributed by atoms with Gasteiger partial charge in [0, 0.05) is 87.2 Å². The van der Waals surface area contributed by atoms with Gasteiger partial charge in [-0.15, -0.1) is 10.2 Å². The number of hydrogen-bond donors (Lipinski definition) is 6. The number of nitrogens with one attached hydrogen (secondary N) is 2. The van der Waals surface area contributed by atoms with Crippen LogP contribution in [-0.4, -0.2) is 138 Å². The highest BCUT2D eigenvalue weighted by molar-refractivity contribution is 5.99. The van der Waals surface area contributed by atoms with Crippen LogP contribution >= 0.6 is 0 Å². The van der Waals surface area contributed by atoms with E-state index in [1.54, 1.807) is 56.8 Å². The second-order valence-electron chi connectivity index (χ2n) is 42.5. The van der Waals surface area contributed by atoms with E-state index in [-0.39, 0.29) is 114 Å². The van der Waals surface area contributed by atoms with Gasteiger partial charge in [-0.05, 0) is 172 Å². The van der Waals surface area contributed by atoms with Gasteiger partial charge in [0.25, 0.3) is 17.7 Å². The number of amides is 3. The number of nitrogens with zero attached hydrogens (tertiary/aromatic N) is 20. The van der Waals surface area contributed by atoms with Gasteiger partial charge in [0.1, 0.15) is 58.8 Å². The zero-order chi connectivity index (χ0) is 98.1. The number of H-pyrrole nitrogens is 1. The van der Waals surface area contributed by atoms with Crippen LogP contribution in [0.15, 0.2) is 227 Å². The minimum atomic E-state index is -0.566. The largest absolute Gasteiger partial charge is 0.383 e. The molecule has 0 aliphatic rings. The van der Waals surface area contributed by atoms with Crippen LogP contribution < -0.4 is 22.7 Å². The number of hydroxylamine groups is 1. The molecule has 18 rings (SSSR count). The Labute approximate surface area is 839 Å². The maximum absolute atomic E-state index is 12.0. The predicted molar refractivity (Wildman–Crippen MR) is 588 cm³/mol. The topological polar surface area (TPSA) is 366 Å². The SMILES string of the molecule is C.C.C.C.C.C.C.C.CC(C)(C)c1ccc2[nH]ncc2c1.CC(C)(C)c1ccc2ncc(C(=O)NO)n2c1.CC(C)(C)c1ccc2ncc(CN)n2c1.CC(C)(C)c1ccc2nccn2c1.CC(C)(C)c1ccc2ncnc(N)c2c1.CC(C)(C)c1ccc2ncnn2c1.CC(C)(C)c1ccc2nncn2c1.CC(C)(C)c1ccn2ncc(C(N)=O)c2c1.CN(C)C(=O)c1cnc2ccc(C(C)(C)C)cn12. The number of rotatable bonds is 4. The van der Waals surface area contributed by atoms with Crippen molar-refractivity contribution in [2.45, 2.75) is 302 Å². The summed E-state index contributed by atoms with van der Waals surface area (Å²) < 4.78 is 13.1. The monoisotopic (exact) mass is 1930 g/mol. The first-order valence-electron chi connectivity index (χ1n) is 44.5. The third-order valence-electron chi connectivity index (χ3n) is 22.4. The molecule has 141 heavy (non-hydrogen) atoms. The molecule has 29 heteroatoms. The minimum Gasteiger partial charge on any atom is -0.383 e. The highest BCUT2D eigenvalue weighted by atomic mass is 16.5. The maximum atomic E-state index is 12.0. The van der Waals surface area contributed by atoms with E-state index in [0.29, 0.717) is 35.0 Å². The number of aromatic amines is 1. The molecule has 0 radical (unpaired) electrons. The number of benzene rings is 2. The van der Waals surface area contributed by atoms with Crippen LogP contribution in [0.2, 0.25) is 0 Å². The molecular weight excluding hydrogens is 1760 g/mol. The minimum absolute atomic E-state index is 0. The van der Waals surface area contributed by atoms with Crippen molar-refractivity contribution in [1.82, 2.24) is 107 Å². The number of pyridine rings is 7. The number of anilines is 1. The molecule has 0 bridgehead atoms. The summed E-state index contributed by atoms with van der Waals surface area (Å²) in [6.07, 6.45) is 31.0. The average molecular weight is 1930 g/mol. The van der Waals surface area contributed by atoms with E-state index in [2.05, 4.69) is 347 Å². The standard InChI is InChI=1S/C14H19N3O.C12H15N3O2.C12H15N3O.C12H17N3.C12H15N3.2C11H14N2.2C10H13N3.8CH4/c1-14(2,3)10-6-7-12-15-8-11(17(12)9-10)13(18)16(4)5;1-12(2,3)8-4-5-10-13-6-9(11(16)14-17)15(10)7-8;1-12(2,3)8-4-5-15-10(6-8)9(7-14-15)11(13)16;1-12(2,3)9-4-5-11-14-7-10(6-13)15(11)8-9;1-12(2,3)8-4-5-10-9(6-8)11(13)15-7-14-10;1-11(2,3)9-4-5-10-8(6-9)7-12-13-10;1-11(2,3)9-4-5-10-12-6-7-13(10)8-9;1-10(2,3)8-4-5-9-12-11-7-13(9)6-8;1-10(2,3)8-4-5-9-11-7-12-13(9)6-8;;;;;;;;/h6-9H,1-5H3;4-7,17H,1-3H3,(H,14,16);4-7H,1-3H3,(H2,13,16);4-5,7-8H,6,13H2,1-3H3;4-7H,1-3H3,(H2,13,14,15);4-7H,1-3H3,(H,12,13);4-8H,1-3H3;2*4-7H,1-3H3;8*1H4. The van der Waals surface area contributed by atoms with Crippen LogP contribution in [0.4, 0.5) is 5.82 Å². The molecule has 16 heterocycles. The first-order valence-corrected chi connectivity index (χ1v) is 44.5. The molecule has 18 aromatic rings. The summed E-state index contributed by atoms with van der Waals surface area (Å²) in [5.74, 6) is -0.496. The lowest BCUT2D eigenvalue weighted by Crippen LogP contribution is -2.23. The van der Waals surface area contributed by atoms with E-state index in [1.165, 1.54) is 63.1 Å². The van der Waals surface area contributed by atoms with Gasteiger partial charge in [0.05, 0.1) is 58.8 Å². The van der Waals surface area contributed by atoms with Crippen molar-refractivity contribution in [1.29, 1.82) is 0 Å². The number of primary amides is 1. The summed E-state index contributed by atoms with van der Waals surface area (Å²) >= 11 is 0. The highest BCUT2D eigenvalue weighted by Gasteiger charge is 2.25. The number of nitrogen functional groups attached to an aromatic ring is 1. The van der Waals surface area contributed by atoms with Gasteiger partial charge in [0.2, 0.25) is 0 Å². The number of fused-ring (bicyclic) bond motifs is 9. The molecular formula is C112H167N25O4. The summed E-state index contributed by atoms with van der Waals surface area (Å²) in [5.41, 5.74) is 41.2. The Hall–Kier alpha value is -13.9. The van der Waals surface area contributed by atoms with Gasteiger partial charge < -0.3 is 30.9 Å². The zero-order valence-corrected chi connectivity index (χ0v) is 82.9. The molecule has 0 aliphatic carbocycles. The van der Waals surface area contributed by atoms with Gasteiger partial charge in [-0.3, -0.25) is 37.9 Å². The van der Waals surface area contributed by atoms with E-state index in [4.69, 9.17) is 22.4 Å². The van der Waals surface area contributed by atoms with Crippen LogP contribution in [-0.2, 0) is 55.3 Å². The lowest BCUT2D eigenvalue weighted by atomic mass is 9.86. The van der Waals surface area contributed by atoms with E-state index >= 15 is 0 Å². The first kappa shape index (κ1) is 123. The Bertz CT molecular complexity index is 6690. The van der Waals surface area contributed by atoms with Crippen molar-refractivity contribution < 1.29 is 19.6 Å². The quantitative estimate of drug-likeness (QED) is 0.0704. The summed E-state index contributed by atoms with van der Waals surface area (Å²) in [5, 5.41) is 33.7. The van der Waals surface area contributed by atoms with E-state index < -0.39 is 11.8 Å². The van der Waals surface area contributed by atoms with Crippen LogP contribution in [0.3, 0.4) is 0 Å². The summed E-state index contributed by atoms with van der Waals surface area (Å²) in [7, 11) is 3.49. The fourth-order valence-electron chi connectivity index (χ4n) is 13.6. The molecule has 2 aromatic carbocycles. The first-order chi connectivity index (χ1) is 61.9. The van der Waals surface area contributed by atoms with Crippen molar-refractivity contribution in [2.24, 2.45) is 11.5 Å². The van der Waals surface area contributed by atoms with Crippen LogP contribution in [0, 0.1) is 0 Å². The van der Waals surface area contributed by atoms with Crippen LogP contribution in [0.5, 0.6) is 0 Å². The number of hydrogen-bond acceptors (Lipinski definition) is 18. The molecule has 0 saturated carbocycles. The van der Waals surface area contributed by atoms with Crippen molar-refractivity contribution in [2.75, 3.05) is 19.8 Å². The smallest absolute Gasteiger partial charge is 0.293 e. The Kier molecular flexibility index (Phi) is 43.0. The fourth-order valence-corrected chi connectivity index (χ4v) is 13.6. The lowest BCUT2D eigenvalue weighted by Gasteiger charge is -2.19. The van der Waals surface area contributed by atoms with Gasteiger partial charge in [-0.2, -0.15) is 15.3 Å². The molecule has 16 aromatic heterocycles. The number of carbonyl (C=O) groups is 3. The predicted octanol–water partition coefficient (Wildman–Crippen LogP) is 25.0. The molecule has 0 atom stereocenters. The fraction of sp³-hybridized carbons (Fsp3) is 0.420. The normalized spacial score (nSPS) is 11.4. The zero-order valence-electron chi connectivity index (χ0n) is 82.9. The average Bonchev–Trinajstić information content (AvgIpc) is 1.66. The van der Waals surface area contributed by atoms with Gasteiger partial charge >= 0.3 is 0 Å². The van der Waals surface area contributed by atoms with Crippen molar-refractivity contribution >= 4 is 84.7 Å². The summed E-state index contributed by atoms with van der Waals surface area (Å²) in [4.78, 5) is 65.4.